The normalized spacial score (nSPS) is 18.7. The minimum atomic E-state index is -1.53. The standard InChI is InChI=1S/C63H122O9/c1-3-5-7-9-11-13-15-17-19-21-23-25-27-29-30-32-34-36-38-40-42-44-46-48-50-52-59(65)71-57(56-70-63-62(68)61(67)60(66)58(54-64)72-63)55-69-53-51-49-47-45-43-41-39-37-35-33-31-28-26-24-22-20-18-16-14-12-10-8-6-4-2/h21,23,57-58,60-64,66-68H,3-20,22,24-56H2,1-2H3/b23-21-. The average molecular weight is 1020 g/mol. The lowest BCUT2D eigenvalue weighted by atomic mass is 9.99. The monoisotopic (exact) mass is 1020 g/mol. The van der Waals surface area contributed by atoms with E-state index >= 15 is 0 Å². The van der Waals surface area contributed by atoms with E-state index in [2.05, 4.69) is 26.0 Å². The van der Waals surface area contributed by atoms with E-state index in [1.165, 1.54) is 270 Å². The summed E-state index contributed by atoms with van der Waals surface area (Å²) in [6, 6.07) is 0. The van der Waals surface area contributed by atoms with Crippen molar-refractivity contribution in [3.8, 4) is 0 Å². The maximum absolute atomic E-state index is 12.9. The number of allylic oxidation sites excluding steroid dienone is 2. The maximum Gasteiger partial charge on any atom is 0.306 e. The molecule has 0 aromatic heterocycles. The molecule has 0 amide bonds. The Hall–Kier alpha value is -1.07. The summed E-state index contributed by atoms with van der Waals surface area (Å²) >= 11 is 0. The predicted octanol–water partition coefficient (Wildman–Crippen LogP) is 17.1. The van der Waals surface area contributed by atoms with Crippen LogP contribution in [0.25, 0.3) is 0 Å². The molecule has 4 N–H and O–H groups in total. The van der Waals surface area contributed by atoms with Gasteiger partial charge < -0.3 is 39.4 Å². The van der Waals surface area contributed by atoms with E-state index < -0.39 is 43.4 Å². The van der Waals surface area contributed by atoms with Crippen LogP contribution >= 0.6 is 0 Å². The Kier molecular flexibility index (Phi) is 52.4. The predicted molar refractivity (Wildman–Crippen MR) is 303 cm³/mol. The number of ether oxygens (including phenoxy) is 4. The van der Waals surface area contributed by atoms with Crippen molar-refractivity contribution in [1.82, 2.24) is 0 Å². The third-order valence-corrected chi connectivity index (χ3v) is 15.2. The summed E-state index contributed by atoms with van der Waals surface area (Å²) in [5.41, 5.74) is 0. The zero-order valence-corrected chi connectivity index (χ0v) is 47.7. The zero-order valence-electron chi connectivity index (χ0n) is 47.7. The fourth-order valence-corrected chi connectivity index (χ4v) is 10.3. The van der Waals surface area contributed by atoms with Gasteiger partial charge in [0.15, 0.2) is 6.29 Å². The van der Waals surface area contributed by atoms with Crippen LogP contribution < -0.4 is 0 Å². The SMILES string of the molecule is CCCCCCCCCC/C=C\CCCCCCCCCCCCCCCC(=O)OC(COCCCCCCCCCCCCCCCCCCCCCCCCCC)COC1OC(CO)C(O)C(O)C1O. The molecular weight excluding hydrogens is 901 g/mol. The van der Waals surface area contributed by atoms with E-state index in [9.17, 15) is 25.2 Å². The fraction of sp³-hybridized carbons (Fsp3) is 0.952. The van der Waals surface area contributed by atoms with Gasteiger partial charge in [-0.25, -0.2) is 0 Å². The van der Waals surface area contributed by atoms with Gasteiger partial charge in [0, 0.05) is 13.0 Å². The summed E-state index contributed by atoms with van der Waals surface area (Å²) < 4.78 is 23.0. The highest BCUT2D eigenvalue weighted by atomic mass is 16.7. The van der Waals surface area contributed by atoms with Crippen molar-refractivity contribution in [2.75, 3.05) is 26.4 Å². The number of esters is 1. The van der Waals surface area contributed by atoms with E-state index in [1.54, 1.807) is 0 Å². The number of hydrogen-bond acceptors (Lipinski definition) is 9. The molecule has 0 aliphatic carbocycles. The molecule has 1 aliphatic heterocycles. The van der Waals surface area contributed by atoms with Gasteiger partial charge in [0.1, 0.15) is 30.5 Å². The highest BCUT2D eigenvalue weighted by molar-refractivity contribution is 5.69. The lowest BCUT2D eigenvalue weighted by molar-refractivity contribution is -0.305. The second-order valence-electron chi connectivity index (χ2n) is 22.2. The van der Waals surface area contributed by atoms with Crippen molar-refractivity contribution in [2.45, 2.75) is 359 Å². The Bertz CT molecular complexity index is 1120. The van der Waals surface area contributed by atoms with E-state index in [0.717, 1.165) is 32.1 Å². The van der Waals surface area contributed by atoms with Gasteiger partial charge in [0.2, 0.25) is 0 Å². The van der Waals surface area contributed by atoms with Gasteiger partial charge in [0.05, 0.1) is 19.8 Å². The summed E-state index contributed by atoms with van der Waals surface area (Å²) in [5.74, 6) is -0.304. The first-order valence-corrected chi connectivity index (χ1v) is 31.8. The number of rotatable bonds is 57. The molecule has 1 heterocycles. The first-order chi connectivity index (χ1) is 35.4. The Morgan fingerprint density at radius 3 is 1.12 bits per heavy atom. The molecule has 1 fully saturated rings. The lowest BCUT2D eigenvalue weighted by Crippen LogP contribution is -2.59. The molecular formula is C63H122O9. The fourth-order valence-electron chi connectivity index (χ4n) is 10.3. The topological polar surface area (TPSA) is 135 Å². The average Bonchev–Trinajstić information content (AvgIpc) is 3.38. The van der Waals surface area contributed by atoms with E-state index in [0.29, 0.717) is 13.0 Å². The van der Waals surface area contributed by atoms with Crippen LogP contribution in [0.4, 0.5) is 0 Å². The van der Waals surface area contributed by atoms with Crippen LogP contribution in [0.5, 0.6) is 0 Å². The van der Waals surface area contributed by atoms with Crippen LogP contribution in [-0.2, 0) is 23.7 Å². The molecule has 9 nitrogen and oxygen atoms in total. The van der Waals surface area contributed by atoms with Crippen LogP contribution in [0.2, 0.25) is 0 Å². The van der Waals surface area contributed by atoms with Crippen LogP contribution in [-0.4, -0.2) is 89.6 Å². The summed E-state index contributed by atoms with van der Waals surface area (Å²) in [6.45, 7) is 4.65. The second kappa shape index (κ2) is 54.7. The van der Waals surface area contributed by atoms with Gasteiger partial charge in [-0.15, -0.1) is 0 Å². The zero-order chi connectivity index (χ0) is 52.1. The summed E-state index contributed by atoms with van der Waals surface area (Å²) in [5, 5.41) is 40.4. The Morgan fingerprint density at radius 1 is 0.431 bits per heavy atom. The second-order valence-corrected chi connectivity index (χ2v) is 22.2. The molecule has 0 aromatic rings. The molecule has 1 aliphatic rings. The minimum Gasteiger partial charge on any atom is -0.457 e. The molecule has 0 saturated carbocycles. The third-order valence-electron chi connectivity index (χ3n) is 15.2. The highest BCUT2D eigenvalue weighted by Crippen LogP contribution is 2.23. The number of aliphatic hydroxyl groups is 4. The lowest BCUT2D eigenvalue weighted by Gasteiger charge is -2.39. The van der Waals surface area contributed by atoms with E-state index in [4.69, 9.17) is 18.9 Å². The van der Waals surface area contributed by atoms with Crippen molar-refractivity contribution in [3.05, 3.63) is 12.2 Å². The number of unbranched alkanes of at least 4 members (excludes halogenated alkanes) is 44. The van der Waals surface area contributed by atoms with Crippen LogP contribution in [0.3, 0.4) is 0 Å². The smallest absolute Gasteiger partial charge is 0.306 e. The number of carbonyl (C=O) groups excluding carboxylic acids is 1. The molecule has 9 heteroatoms. The summed E-state index contributed by atoms with van der Waals surface area (Å²) in [7, 11) is 0. The Balaban J connectivity index is 2.10. The molecule has 6 unspecified atom stereocenters. The number of hydrogen-bond donors (Lipinski definition) is 4. The minimum absolute atomic E-state index is 0.106. The van der Waals surface area contributed by atoms with Gasteiger partial charge in [-0.05, 0) is 38.5 Å². The summed E-state index contributed by atoms with van der Waals surface area (Å²) in [6.07, 6.45) is 59.9. The molecule has 6 atom stereocenters. The van der Waals surface area contributed by atoms with Crippen molar-refractivity contribution in [2.24, 2.45) is 0 Å². The third kappa shape index (κ3) is 44.1. The van der Waals surface area contributed by atoms with Crippen LogP contribution in [0.1, 0.15) is 322 Å². The van der Waals surface area contributed by atoms with Crippen molar-refractivity contribution in [3.63, 3.8) is 0 Å². The van der Waals surface area contributed by atoms with E-state index in [1.807, 2.05) is 0 Å². The molecule has 1 rings (SSSR count). The number of carbonyl (C=O) groups is 1. The molecule has 0 aromatic carbocycles. The van der Waals surface area contributed by atoms with Gasteiger partial charge in [-0.3, -0.25) is 4.79 Å². The Morgan fingerprint density at radius 2 is 0.764 bits per heavy atom. The Labute approximate surface area is 445 Å². The van der Waals surface area contributed by atoms with E-state index in [-0.39, 0.29) is 19.2 Å². The van der Waals surface area contributed by atoms with Gasteiger partial charge in [-0.2, -0.15) is 0 Å². The van der Waals surface area contributed by atoms with Gasteiger partial charge in [-0.1, -0.05) is 289 Å². The molecule has 428 valence electrons. The van der Waals surface area contributed by atoms with Crippen LogP contribution in [0.15, 0.2) is 12.2 Å². The number of aliphatic hydroxyl groups excluding tert-OH is 4. The molecule has 1 saturated heterocycles. The molecule has 0 radical (unpaired) electrons. The largest absolute Gasteiger partial charge is 0.457 e. The first kappa shape index (κ1) is 68.9. The van der Waals surface area contributed by atoms with Crippen molar-refractivity contribution < 1.29 is 44.2 Å². The molecule has 0 spiro atoms. The summed E-state index contributed by atoms with van der Waals surface area (Å²) in [4.78, 5) is 12.9. The van der Waals surface area contributed by atoms with Gasteiger partial charge in [0.25, 0.3) is 0 Å². The highest BCUT2D eigenvalue weighted by Gasteiger charge is 2.44. The molecule has 0 bridgehead atoms. The quantitative estimate of drug-likeness (QED) is 0.0267. The van der Waals surface area contributed by atoms with Crippen LogP contribution in [0, 0.1) is 0 Å². The van der Waals surface area contributed by atoms with Gasteiger partial charge >= 0.3 is 5.97 Å². The van der Waals surface area contributed by atoms with Crippen molar-refractivity contribution in [1.29, 1.82) is 0 Å². The maximum atomic E-state index is 12.9. The first-order valence-electron chi connectivity index (χ1n) is 31.8. The van der Waals surface area contributed by atoms with Crippen molar-refractivity contribution >= 4 is 5.97 Å². The molecule has 72 heavy (non-hydrogen) atoms.